The third-order valence-corrected chi connectivity index (χ3v) is 4.35. The highest BCUT2D eigenvalue weighted by Gasteiger charge is 2.30. The summed E-state index contributed by atoms with van der Waals surface area (Å²) in [5, 5.41) is 5.94. The zero-order valence-corrected chi connectivity index (χ0v) is 15.3. The smallest absolute Gasteiger partial charge is 0.223 e. The van der Waals surface area contributed by atoms with E-state index in [1.54, 1.807) is 0 Å². The molecule has 1 rings (SSSR count). The Bertz CT molecular complexity index is 331. The molecule has 0 aromatic rings. The number of amides is 2. The van der Waals surface area contributed by atoms with E-state index in [0.29, 0.717) is 45.9 Å². The first kappa shape index (κ1) is 20.9. The molecule has 0 bridgehead atoms. The van der Waals surface area contributed by atoms with Crippen molar-refractivity contribution >= 4 is 11.8 Å². The van der Waals surface area contributed by atoms with E-state index in [4.69, 9.17) is 9.47 Å². The average Bonchev–Trinajstić information content (AvgIpc) is 2.61. The SMILES string of the molecule is CCOCCCNC(=O)[C@@H]1CCC[C@@H](C(=O)NCCCOCC)C1. The number of carbonyl (C=O) groups is 2. The van der Waals surface area contributed by atoms with Gasteiger partial charge in [0.05, 0.1) is 0 Å². The summed E-state index contributed by atoms with van der Waals surface area (Å²) in [6.07, 6.45) is 5.02. The number of hydrogen-bond acceptors (Lipinski definition) is 4. The van der Waals surface area contributed by atoms with Crippen LogP contribution in [0.15, 0.2) is 0 Å². The van der Waals surface area contributed by atoms with Gasteiger partial charge in [0.1, 0.15) is 0 Å². The lowest BCUT2D eigenvalue weighted by Crippen LogP contribution is -2.39. The van der Waals surface area contributed by atoms with E-state index in [9.17, 15) is 9.59 Å². The van der Waals surface area contributed by atoms with E-state index in [2.05, 4.69) is 10.6 Å². The van der Waals surface area contributed by atoms with Crippen molar-refractivity contribution in [3.63, 3.8) is 0 Å². The number of nitrogens with one attached hydrogen (secondary N) is 2. The maximum absolute atomic E-state index is 12.2. The van der Waals surface area contributed by atoms with E-state index in [1.165, 1.54) is 0 Å². The first-order chi connectivity index (χ1) is 11.7. The lowest BCUT2D eigenvalue weighted by molar-refractivity contribution is -0.130. The Kier molecular flexibility index (Phi) is 11.5. The Morgan fingerprint density at radius 1 is 0.875 bits per heavy atom. The third-order valence-electron chi connectivity index (χ3n) is 4.35. The molecule has 0 aromatic heterocycles. The maximum atomic E-state index is 12.2. The van der Waals surface area contributed by atoms with Crippen LogP contribution in [-0.4, -0.2) is 51.3 Å². The zero-order chi connectivity index (χ0) is 17.6. The maximum Gasteiger partial charge on any atom is 0.223 e. The van der Waals surface area contributed by atoms with Gasteiger partial charge in [0, 0.05) is 51.4 Å². The Hall–Kier alpha value is -1.14. The standard InChI is InChI=1S/C18H34N2O4/c1-3-23-12-6-10-19-17(21)15-8-5-9-16(14-15)18(22)20-11-7-13-24-4-2/h15-16H,3-14H2,1-2H3,(H,19,21)(H,20,22)/t15-,16-/m1/s1. The van der Waals surface area contributed by atoms with Gasteiger partial charge in [0.15, 0.2) is 0 Å². The van der Waals surface area contributed by atoms with Crippen molar-refractivity contribution in [2.45, 2.75) is 52.4 Å². The summed E-state index contributed by atoms with van der Waals surface area (Å²) in [6, 6.07) is 0. The van der Waals surface area contributed by atoms with Crippen LogP contribution >= 0.6 is 0 Å². The lowest BCUT2D eigenvalue weighted by Gasteiger charge is -2.27. The van der Waals surface area contributed by atoms with Crippen LogP contribution < -0.4 is 10.6 Å². The van der Waals surface area contributed by atoms with Crippen molar-refractivity contribution in [1.82, 2.24) is 10.6 Å². The molecule has 1 fully saturated rings. The predicted octanol–water partition coefficient (Wildman–Crippen LogP) is 1.88. The molecule has 0 saturated heterocycles. The Morgan fingerprint density at radius 3 is 1.75 bits per heavy atom. The van der Waals surface area contributed by atoms with Crippen LogP contribution in [0, 0.1) is 11.8 Å². The van der Waals surface area contributed by atoms with Gasteiger partial charge in [0.2, 0.25) is 11.8 Å². The Morgan fingerprint density at radius 2 is 1.33 bits per heavy atom. The summed E-state index contributed by atoms with van der Waals surface area (Å²) in [4.78, 5) is 24.5. The van der Waals surface area contributed by atoms with Gasteiger partial charge in [-0.3, -0.25) is 9.59 Å². The molecule has 2 amide bonds. The summed E-state index contributed by atoms with van der Waals surface area (Å²) in [6.45, 7) is 7.97. The number of carbonyl (C=O) groups excluding carboxylic acids is 2. The molecule has 140 valence electrons. The van der Waals surface area contributed by atoms with Gasteiger partial charge in [-0.05, 0) is 46.0 Å². The van der Waals surface area contributed by atoms with Crippen LogP contribution in [0.2, 0.25) is 0 Å². The highest BCUT2D eigenvalue weighted by Crippen LogP contribution is 2.29. The fourth-order valence-electron chi connectivity index (χ4n) is 3.02. The summed E-state index contributed by atoms with van der Waals surface area (Å²) < 4.78 is 10.5. The Labute approximate surface area is 146 Å². The summed E-state index contributed by atoms with van der Waals surface area (Å²) in [5.74, 6) is 0.0933. The zero-order valence-electron chi connectivity index (χ0n) is 15.3. The normalized spacial score (nSPS) is 20.6. The molecule has 0 radical (unpaired) electrons. The van der Waals surface area contributed by atoms with Crippen molar-refractivity contribution in [3.8, 4) is 0 Å². The summed E-state index contributed by atoms with van der Waals surface area (Å²) in [5.41, 5.74) is 0. The molecule has 6 heteroatoms. The molecule has 6 nitrogen and oxygen atoms in total. The van der Waals surface area contributed by atoms with Crippen molar-refractivity contribution < 1.29 is 19.1 Å². The van der Waals surface area contributed by atoms with Gasteiger partial charge in [0.25, 0.3) is 0 Å². The van der Waals surface area contributed by atoms with Crippen molar-refractivity contribution in [2.75, 3.05) is 39.5 Å². The van der Waals surface area contributed by atoms with Gasteiger partial charge >= 0.3 is 0 Å². The van der Waals surface area contributed by atoms with Gasteiger partial charge in [-0.15, -0.1) is 0 Å². The van der Waals surface area contributed by atoms with E-state index >= 15 is 0 Å². The van der Waals surface area contributed by atoms with Gasteiger partial charge < -0.3 is 20.1 Å². The van der Waals surface area contributed by atoms with Crippen LogP contribution in [0.4, 0.5) is 0 Å². The second-order valence-electron chi connectivity index (χ2n) is 6.24. The van der Waals surface area contributed by atoms with Crippen molar-refractivity contribution in [1.29, 1.82) is 0 Å². The summed E-state index contributed by atoms with van der Waals surface area (Å²) >= 11 is 0. The first-order valence-corrected chi connectivity index (χ1v) is 9.39. The van der Waals surface area contributed by atoms with Crippen LogP contribution in [0.25, 0.3) is 0 Å². The Balaban J connectivity index is 2.22. The fraction of sp³-hybridized carbons (Fsp3) is 0.889. The highest BCUT2D eigenvalue weighted by molar-refractivity contribution is 5.82. The molecule has 24 heavy (non-hydrogen) atoms. The van der Waals surface area contributed by atoms with Crippen LogP contribution in [0.3, 0.4) is 0 Å². The number of hydrogen-bond donors (Lipinski definition) is 2. The fourth-order valence-corrected chi connectivity index (χ4v) is 3.02. The molecule has 0 aliphatic heterocycles. The molecule has 1 aliphatic rings. The monoisotopic (exact) mass is 342 g/mol. The average molecular weight is 342 g/mol. The minimum Gasteiger partial charge on any atom is -0.382 e. The molecule has 1 aliphatic carbocycles. The van der Waals surface area contributed by atoms with E-state index in [0.717, 1.165) is 32.1 Å². The topological polar surface area (TPSA) is 76.7 Å². The number of rotatable bonds is 12. The van der Waals surface area contributed by atoms with E-state index < -0.39 is 0 Å². The van der Waals surface area contributed by atoms with Gasteiger partial charge in [-0.25, -0.2) is 0 Å². The quantitative estimate of drug-likeness (QED) is 0.531. The molecular weight excluding hydrogens is 308 g/mol. The molecule has 0 spiro atoms. The molecule has 0 unspecified atom stereocenters. The van der Waals surface area contributed by atoms with Crippen LogP contribution in [-0.2, 0) is 19.1 Å². The second kappa shape index (κ2) is 13.2. The van der Waals surface area contributed by atoms with E-state index in [-0.39, 0.29) is 23.7 Å². The molecular formula is C18H34N2O4. The van der Waals surface area contributed by atoms with Crippen LogP contribution in [0.1, 0.15) is 52.4 Å². The third kappa shape index (κ3) is 8.64. The largest absolute Gasteiger partial charge is 0.382 e. The number of ether oxygens (including phenoxy) is 2. The minimum atomic E-state index is -0.0370. The first-order valence-electron chi connectivity index (χ1n) is 9.39. The molecule has 2 atom stereocenters. The molecule has 0 heterocycles. The van der Waals surface area contributed by atoms with Crippen molar-refractivity contribution in [2.24, 2.45) is 11.8 Å². The van der Waals surface area contributed by atoms with Gasteiger partial charge in [-0.2, -0.15) is 0 Å². The molecule has 1 saturated carbocycles. The lowest BCUT2D eigenvalue weighted by atomic mass is 9.80. The predicted molar refractivity (Wildman–Crippen MR) is 93.7 cm³/mol. The minimum absolute atomic E-state index is 0.0370. The second-order valence-corrected chi connectivity index (χ2v) is 6.24. The van der Waals surface area contributed by atoms with Crippen molar-refractivity contribution in [3.05, 3.63) is 0 Å². The molecule has 0 aromatic carbocycles. The highest BCUT2D eigenvalue weighted by atomic mass is 16.5. The molecule has 2 N–H and O–H groups in total. The summed E-state index contributed by atoms with van der Waals surface area (Å²) in [7, 11) is 0. The van der Waals surface area contributed by atoms with Crippen LogP contribution in [0.5, 0.6) is 0 Å². The van der Waals surface area contributed by atoms with E-state index in [1.807, 2.05) is 13.8 Å². The van der Waals surface area contributed by atoms with Gasteiger partial charge in [-0.1, -0.05) is 6.42 Å².